The average molecular weight is 629 g/mol. The highest BCUT2D eigenvalue weighted by Gasteiger charge is 2.22. The van der Waals surface area contributed by atoms with Gasteiger partial charge in [0.25, 0.3) is 17.3 Å². The molecule has 11 heteroatoms. The van der Waals surface area contributed by atoms with Crippen molar-refractivity contribution in [3.05, 3.63) is 133 Å². The molecule has 47 heavy (non-hydrogen) atoms. The van der Waals surface area contributed by atoms with Crippen LogP contribution >= 0.6 is 11.6 Å². The normalized spacial score (nSPS) is 11.9. The lowest BCUT2D eigenvalue weighted by Crippen LogP contribution is -2.06. The second-order valence-electron chi connectivity index (χ2n) is 11.3. The van der Waals surface area contributed by atoms with Gasteiger partial charge in [-0.25, -0.2) is 0 Å². The fourth-order valence-electron chi connectivity index (χ4n) is 6.36. The van der Waals surface area contributed by atoms with E-state index in [1.165, 1.54) is 0 Å². The Labute approximate surface area is 270 Å². The summed E-state index contributed by atoms with van der Waals surface area (Å²) in [7, 11) is 0. The first kappa shape index (κ1) is 25.9. The third kappa shape index (κ3) is 3.92. The van der Waals surface area contributed by atoms with Gasteiger partial charge in [0.15, 0.2) is 11.6 Å². The van der Waals surface area contributed by atoms with E-state index in [0.717, 1.165) is 49.7 Å². The van der Waals surface area contributed by atoms with E-state index < -0.39 is 0 Å². The Balaban J connectivity index is 1.15. The van der Waals surface area contributed by atoms with Crippen molar-refractivity contribution in [2.75, 3.05) is 0 Å². The number of fused-ring (bicyclic) bond motifs is 9. The largest absolute Gasteiger partial charge is 0.309 e. The molecular formula is C36H21ClN10. The van der Waals surface area contributed by atoms with Gasteiger partial charge in [-0.3, -0.25) is 0 Å². The molecule has 10 nitrogen and oxygen atoms in total. The summed E-state index contributed by atoms with van der Waals surface area (Å²) >= 11 is 6.32. The van der Waals surface area contributed by atoms with Crippen LogP contribution in [-0.4, -0.2) is 48.4 Å². The highest BCUT2D eigenvalue weighted by atomic mass is 35.5. The molecule has 10 rings (SSSR count). The predicted octanol–water partition coefficient (Wildman–Crippen LogP) is 7.57. The van der Waals surface area contributed by atoms with Gasteiger partial charge in [0.2, 0.25) is 5.28 Å². The number of hydrogen-bond donors (Lipinski definition) is 0. The molecule has 0 fully saturated rings. The second-order valence-corrected chi connectivity index (χ2v) is 11.6. The first-order chi connectivity index (χ1) is 23.2. The van der Waals surface area contributed by atoms with Gasteiger partial charge in [-0.05, 0) is 59.1 Å². The molecule has 0 N–H and O–H groups in total. The van der Waals surface area contributed by atoms with E-state index in [2.05, 4.69) is 99.6 Å². The molecule has 0 saturated heterocycles. The molecule has 5 aromatic carbocycles. The molecule has 5 aromatic heterocycles. The summed E-state index contributed by atoms with van der Waals surface area (Å²) in [6.07, 6.45) is 0. The van der Waals surface area contributed by atoms with Crippen molar-refractivity contribution >= 4 is 50.7 Å². The van der Waals surface area contributed by atoms with Crippen LogP contribution in [0.4, 0.5) is 0 Å². The molecule has 0 aliphatic heterocycles. The SMILES string of the molecule is Clc1nc2n(n1)c1nc(-c3ccc4c(c3)c3ccccc3n4-c3ccccc3)nn1c1nc(-c3ccc(-c4ccccc4)cc3)nn21. The van der Waals surface area contributed by atoms with Crippen LogP contribution in [0.5, 0.6) is 0 Å². The average Bonchev–Trinajstić information content (AvgIpc) is 3.91. The molecule has 0 bridgehead atoms. The smallest absolute Gasteiger partial charge is 0.261 e. The minimum Gasteiger partial charge on any atom is -0.309 e. The summed E-state index contributed by atoms with van der Waals surface area (Å²) in [6.45, 7) is 0. The van der Waals surface area contributed by atoms with Gasteiger partial charge >= 0.3 is 0 Å². The maximum absolute atomic E-state index is 6.32. The minimum atomic E-state index is 0.0726. The molecule has 0 aliphatic carbocycles. The van der Waals surface area contributed by atoms with E-state index in [4.69, 9.17) is 31.8 Å². The molecule has 0 saturated carbocycles. The van der Waals surface area contributed by atoms with Gasteiger partial charge in [0.1, 0.15) is 0 Å². The molecule has 0 aliphatic rings. The predicted molar refractivity (Wildman–Crippen MR) is 182 cm³/mol. The number of aromatic nitrogens is 10. The summed E-state index contributed by atoms with van der Waals surface area (Å²) in [5.74, 6) is 2.29. The number of benzene rings is 5. The van der Waals surface area contributed by atoms with Gasteiger partial charge in [-0.15, -0.1) is 15.3 Å². The molecule has 10 aromatic rings. The van der Waals surface area contributed by atoms with E-state index in [-0.39, 0.29) is 5.28 Å². The number of para-hydroxylation sites is 2. The lowest BCUT2D eigenvalue weighted by molar-refractivity contribution is 0.817. The minimum absolute atomic E-state index is 0.0726. The van der Waals surface area contributed by atoms with E-state index in [1.807, 2.05) is 42.5 Å². The highest BCUT2D eigenvalue weighted by Crippen LogP contribution is 2.34. The van der Waals surface area contributed by atoms with Crippen LogP contribution < -0.4 is 0 Å². The molecule has 0 amide bonds. The van der Waals surface area contributed by atoms with Crippen molar-refractivity contribution < 1.29 is 0 Å². The topological polar surface area (TPSA) is 95.5 Å². The monoisotopic (exact) mass is 628 g/mol. The summed E-state index contributed by atoms with van der Waals surface area (Å²) in [5.41, 5.74) is 7.28. The first-order valence-corrected chi connectivity index (χ1v) is 15.4. The zero-order valence-corrected chi connectivity index (χ0v) is 25.2. The van der Waals surface area contributed by atoms with Gasteiger partial charge in [-0.1, -0.05) is 91.0 Å². The van der Waals surface area contributed by atoms with Gasteiger partial charge in [-0.2, -0.15) is 28.5 Å². The molecular weight excluding hydrogens is 608 g/mol. The van der Waals surface area contributed by atoms with Crippen LogP contribution in [0, 0.1) is 0 Å². The van der Waals surface area contributed by atoms with Crippen LogP contribution in [0.15, 0.2) is 127 Å². The molecule has 5 heterocycles. The molecule has 0 radical (unpaired) electrons. The second kappa shape index (κ2) is 9.80. The van der Waals surface area contributed by atoms with Crippen molar-refractivity contribution in [3.8, 4) is 39.6 Å². The number of rotatable bonds is 4. The maximum atomic E-state index is 6.32. The van der Waals surface area contributed by atoms with Crippen molar-refractivity contribution in [2.24, 2.45) is 0 Å². The number of halogens is 1. The molecule has 0 unspecified atom stereocenters. The van der Waals surface area contributed by atoms with Crippen molar-refractivity contribution in [3.63, 3.8) is 0 Å². The van der Waals surface area contributed by atoms with Crippen molar-refractivity contribution in [2.45, 2.75) is 0 Å². The van der Waals surface area contributed by atoms with Crippen LogP contribution in [-0.2, 0) is 0 Å². The van der Waals surface area contributed by atoms with Crippen LogP contribution in [0.3, 0.4) is 0 Å². The van der Waals surface area contributed by atoms with Crippen LogP contribution in [0.2, 0.25) is 5.28 Å². The highest BCUT2D eigenvalue weighted by molar-refractivity contribution is 6.28. The number of nitrogens with zero attached hydrogens (tertiary/aromatic N) is 10. The van der Waals surface area contributed by atoms with Gasteiger partial charge in [0.05, 0.1) is 11.0 Å². The molecule has 222 valence electrons. The van der Waals surface area contributed by atoms with E-state index in [9.17, 15) is 0 Å². The Morgan fingerprint density at radius 2 is 0.957 bits per heavy atom. The van der Waals surface area contributed by atoms with E-state index >= 15 is 0 Å². The summed E-state index contributed by atoms with van der Waals surface area (Å²) in [5, 5.41) is 16.5. The van der Waals surface area contributed by atoms with E-state index in [0.29, 0.717) is 29.0 Å². The van der Waals surface area contributed by atoms with Crippen molar-refractivity contribution in [1.29, 1.82) is 0 Å². The Morgan fingerprint density at radius 1 is 0.426 bits per heavy atom. The Bertz CT molecular complexity index is 2790. The lowest BCUT2D eigenvalue weighted by Gasteiger charge is -2.07. The van der Waals surface area contributed by atoms with Gasteiger partial charge < -0.3 is 4.57 Å². The maximum Gasteiger partial charge on any atom is 0.261 e. The zero-order valence-electron chi connectivity index (χ0n) is 24.5. The van der Waals surface area contributed by atoms with Gasteiger partial charge in [0, 0.05) is 27.6 Å². The zero-order chi connectivity index (χ0) is 31.1. The standard InChI is InChI=1S/C36H21ClN10/c37-33-40-36-46-34(38-31(41-46)24-17-15-23(16-18-24)22-9-3-1-4-10-22)45-35(47(36)43-33)39-32(42-45)25-19-20-30-28(21-25)27-13-7-8-14-29(27)44(30)26-11-5-2-6-12-26/h1-21H. The summed E-state index contributed by atoms with van der Waals surface area (Å²) < 4.78 is 7.06. The molecule has 0 atom stereocenters. The Kier molecular flexibility index (Phi) is 5.40. The lowest BCUT2D eigenvalue weighted by atomic mass is 10.0. The Hall–Kier alpha value is -6.39. The molecule has 0 spiro atoms. The summed E-state index contributed by atoms with van der Waals surface area (Å²) in [6, 6.07) is 43.5. The third-order valence-electron chi connectivity index (χ3n) is 8.51. The Morgan fingerprint density at radius 3 is 1.70 bits per heavy atom. The van der Waals surface area contributed by atoms with Crippen LogP contribution in [0.1, 0.15) is 0 Å². The van der Waals surface area contributed by atoms with Crippen molar-refractivity contribution in [1.82, 2.24) is 48.4 Å². The fraction of sp³-hybridized carbons (Fsp3) is 0. The van der Waals surface area contributed by atoms with Crippen LogP contribution in [0.25, 0.3) is 78.7 Å². The quantitative estimate of drug-likeness (QED) is 0.200. The third-order valence-corrected chi connectivity index (χ3v) is 8.67. The fourth-order valence-corrected chi connectivity index (χ4v) is 6.51. The number of hydrogen-bond acceptors (Lipinski definition) is 6. The first-order valence-electron chi connectivity index (χ1n) is 15.0. The summed E-state index contributed by atoms with van der Waals surface area (Å²) in [4.78, 5) is 14.2. The van der Waals surface area contributed by atoms with E-state index in [1.54, 1.807) is 13.5 Å².